The van der Waals surface area contributed by atoms with Crippen molar-refractivity contribution in [2.24, 2.45) is 0 Å². The van der Waals surface area contributed by atoms with Crippen LogP contribution in [0.4, 0.5) is 0 Å². The van der Waals surface area contributed by atoms with Crippen LogP contribution in [0.2, 0.25) is 0 Å². The number of aromatic nitrogens is 4. The van der Waals surface area contributed by atoms with E-state index in [0.29, 0.717) is 36.7 Å². The van der Waals surface area contributed by atoms with Gasteiger partial charge in [-0.25, -0.2) is 4.68 Å². The summed E-state index contributed by atoms with van der Waals surface area (Å²) in [6, 6.07) is 13.2. The van der Waals surface area contributed by atoms with Crippen molar-refractivity contribution in [1.82, 2.24) is 25.2 Å². The Morgan fingerprint density at radius 1 is 1.21 bits per heavy atom. The number of hydrogen-bond acceptors (Lipinski definition) is 6. The van der Waals surface area contributed by atoms with Gasteiger partial charge < -0.3 is 14.3 Å². The molecule has 4 rings (SSSR count). The molecule has 3 aromatic heterocycles. The monoisotopic (exact) mass is 391 g/mol. The number of rotatable bonds is 8. The van der Waals surface area contributed by atoms with E-state index in [9.17, 15) is 4.79 Å². The second kappa shape index (κ2) is 8.55. The van der Waals surface area contributed by atoms with E-state index in [1.165, 1.54) is 0 Å². The van der Waals surface area contributed by atoms with Crippen molar-refractivity contribution in [3.63, 3.8) is 0 Å². The van der Waals surface area contributed by atoms with Crippen molar-refractivity contribution in [2.75, 3.05) is 0 Å². The van der Waals surface area contributed by atoms with Gasteiger partial charge in [0, 0.05) is 25.2 Å². The molecule has 4 aromatic rings. The molecule has 1 atom stereocenters. The minimum absolute atomic E-state index is 0.0291. The van der Waals surface area contributed by atoms with Gasteiger partial charge in [-0.3, -0.25) is 4.79 Å². The zero-order chi connectivity index (χ0) is 20.1. The maximum absolute atomic E-state index is 12.4. The van der Waals surface area contributed by atoms with Crippen molar-refractivity contribution in [1.29, 1.82) is 0 Å². The van der Waals surface area contributed by atoms with Crippen LogP contribution in [-0.4, -0.2) is 25.8 Å². The summed E-state index contributed by atoms with van der Waals surface area (Å²) in [5.74, 6) is 1.43. The van der Waals surface area contributed by atoms with Crippen LogP contribution in [0, 0.1) is 0 Å². The van der Waals surface area contributed by atoms with E-state index >= 15 is 0 Å². The third-order valence-corrected chi connectivity index (χ3v) is 4.54. The molecule has 0 aliphatic rings. The van der Waals surface area contributed by atoms with Gasteiger partial charge in [-0.15, -0.1) is 0 Å². The molecule has 8 nitrogen and oxygen atoms in total. The first-order valence-corrected chi connectivity index (χ1v) is 9.45. The van der Waals surface area contributed by atoms with Crippen LogP contribution >= 0.6 is 0 Å². The summed E-state index contributed by atoms with van der Waals surface area (Å²) in [5.41, 5.74) is 1.95. The Bertz CT molecular complexity index is 1050. The molecule has 1 amide bonds. The molecule has 0 saturated heterocycles. The first-order valence-electron chi connectivity index (χ1n) is 9.45. The van der Waals surface area contributed by atoms with Crippen molar-refractivity contribution in [3.8, 4) is 17.3 Å². The van der Waals surface area contributed by atoms with E-state index in [2.05, 4.69) is 20.6 Å². The standard InChI is InChI=1S/C21H21N5O3/c1-15(16-7-2-3-8-17(16)26-13-6-12-22-26)23-19(27)10-4-11-20-24-21(25-29-20)18-9-5-14-28-18/h2-3,5-9,12-15H,4,10-11H2,1H3,(H,23,27). The maximum Gasteiger partial charge on any atom is 0.238 e. The highest BCUT2D eigenvalue weighted by molar-refractivity contribution is 5.76. The lowest BCUT2D eigenvalue weighted by Crippen LogP contribution is -2.27. The van der Waals surface area contributed by atoms with E-state index in [4.69, 9.17) is 8.94 Å². The summed E-state index contributed by atoms with van der Waals surface area (Å²) in [4.78, 5) is 16.7. The molecule has 0 radical (unpaired) electrons. The zero-order valence-electron chi connectivity index (χ0n) is 16.0. The van der Waals surface area contributed by atoms with Crippen molar-refractivity contribution < 1.29 is 13.7 Å². The Morgan fingerprint density at radius 3 is 2.90 bits per heavy atom. The molecule has 0 bridgehead atoms. The number of aryl methyl sites for hydroxylation is 1. The summed E-state index contributed by atoms with van der Waals surface area (Å²) < 4.78 is 12.3. The first kappa shape index (κ1) is 18.7. The van der Waals surface area contributed by atoms with Crippen LogP contribution in [0.1, 0.15) is 37.3 Å². The van der Waals surface area contributed by atoms with Crippen LogP contribution in [0.25, 0.3) is 17.3 Å². The van der Waals surface area contributed by atoms with Crippen molar-refractivity contribution in [3.05, 3.63) is 72.6 Å². The Labute approximate surface area is 167 Å². The fourth-order valence-electron chi connectivity index (χ4n) is 3.13. The Kier molecular flexibility index (Phi) is 5.51. The summed E-state index contributed by atoms with van der Waals surface area (Å²) >= 11 is 0. The molecule has 0 spiro atoms. The SMILES string of the molecule is CC(NC(=O)CCCc1nc(-c2ccco2)no1)c1ccccc1-n1cccn1. The highest BCUT2D eigenvalue weighted by Gasteiger charge is 2.15. The molecular weight excluding hydrogens is 370 g/mol. The number of benzene rings is 1. The molecule has 8 heteroatoms. The molecule has 1 aromatic carbocycles. The minimum atomic E-state index is -0.142. The van der Waals surface area contributed by atoms with Gasteiger partial charge in [0.15, 0.2) is 5.76 Å². The van der Waals surface area contributed by atoms with Crippen LogP contribution in [0.15, 0.2) is 70.1 Å². The van der Waals surface area contributed by atoms with Crippen molar-refractivity contribution in [2.45, 2.75) is 32.2 Å². The molecule has 1 unspecified atom stereocenters. The van der Waals surface area contributed by atoms with E-state index in [1.807, 2.05) is 43.5 Å². The average molecular weight is 391 g/mol. The van der Waals surface area contributed by atoms with Gasteiger partial charge in [0.1, 0.15) is 0 Å². The van der Waals surface area contributed by atoms with Gasteiger partial charge >= 0.3 is 0 Å². The van der Waals surface area contributed by atoms with Gasteiger partial charge in [-0.05, 0) is 43.2 Å². The highest BCUT2D eigenvalue weighted by atomic mass is 16.5. The smallest absolute Gasteiger partial charge is 0.238 e. The molecule has 0 aliphatic heterocycles. The molecule has 148 valence electrons. The van der Waals surface area contributed by atoms with E-state index in [-0.39, 0.29) is 11.9 Å². The molecule has 0 aliphatic carbocycles. The van der Waals surface area contributed by atoms with Crippen LogP contribution in [-0.2, 0) is 11.2 Å². The van der Waals surface area contributed by atoms with Gasteiger partial charge in [0.2, 0.25) is 17.6 Å². The molecule has 0 fully saturated rings. The van der Waals surface area contributed by atoms with E-state index < -0.39 is 0 Å². The van der Waals surface area contributed by atoms with Gasteiger partial charge in [0.05, 0.1) is 18.0 Å². The number of carbonyl (C=O) groups is 1. The van der Waals surface area contributed by atoms with Crippen molar-refractivity contribution >= 4 is 5.91 Å². The Balaban J connectivity index is 1.30. The first-order chi connectivity index (χ1) is 14.2. The lowest BCUT2D eigenvalue weighted by molar-refractivity contribution is -0.121. The van der Waals surface area contributed by atoms with Crippen LogP contribution in [0.5, 0.6) is 0 Å². The van der Waals surface area contributed by atoms with Gasteiger partial charge in [0.25, 0.3) is 0 Å². The topological polar surface area (TPSA) is 99.0 Å². The molecule has 29 heavy (non-hydrogen) atoms. The van der Waals surface area contributed by atoms with Crippen LogP contribution < -0.4 is 5.32 Å². The number of nitrogens with one attached hydrogen (secondary N) is 1. The minimum Gasteiger partial charge on any atom is -0.461 e. The number of hydrogen-bond donors (Lipinski definition) is 1. The maximum atomic E-state index is 12.4. The zero-order valence-corrected chi connectivity index (χ0v) is 16.0. The molecule has 1 N–H and O–H groups in total. The summed E-state index contributed by atoms with van der Waals surface area (Å²) in [6.45, 7) is 1.97. The number of carbonyl (C=O) groups excluding carboxylic acids is 1. The number of furan rings is 1. The van der Waals surface area contributed by atoms with Gasteiger partial charge in [-0.2, -0.15) is 10.1 Å². The largest absolute Gasteiger partial charge is 0.461 e. The predicted molar refractivity (Wildman–Crippen MR) is 105 cm³/mol. The molecule has 3 heterocycles. The Morgan fingerprint density at radius 2 is 2.10 bits per heavy atom. The van der Waals surface area contributed by atoms with Crippen LogP contribution in [0.3, 0.4) is 0 Å². The second-order valence-electron chi connectivity index (χ2n) is 6.64. The van der Waals surface area contributed by atoms with E-state index in [1.54, 1.807) is 29.3 Å². The summed E-state index contributed by atoms with van der Waals surface area (Å²) in [6.07, 6.45) is 6.68. The van der Waals surface area contributed by atoms with Gasteiger partial charge in [-0.1, -0.05) is 23.4 Å². The average Bonchev–Trinajstić information content (AvgIpc) is 3.49. The lowest BCUT2D eigenvalue weighted by atomic mass is 10.1. The highest BCUT2D eigenvalue weighted by Crippen LogP contribution is 2.21. The number of para-hydroxylation sites is 1. The third kappa shape index (κ3) is 4.43. The summed E-state index contributed by atoms with van der Waals surface area (Å²) in [7, 11) is 0. The third-order valence-electron chi connectivity index (χ3n) is 4.54. The normalized spacial score (nSPS) is 12.0. The molecule has 0 saturated carbocycles. The quantitative estimate of drug-likeness (QED) is 0.491. The number of nitrogens with zero attached hydrogens (tertiary/aromatic N) is 4. The van der Waals surface area contributed by atoms with E-state index in [0.717, 1.165) is 11.3 Å². The fraction of sp³-hybridized carbons (Fsp3) is 0.238. The summed E-state index contributed by atoms with van der Waals surface area (Å²) in [5, 5.41) is 11.2. The Hall–Kier alpha value is -3.68. The predicted octanol–water partition coefficient (Wildman–Crippen LogP) is 3.72. The molecular formula is C21H21N5O3. The second-order valence-corrected chi connectivity index (χ2v) is 6.64. The number of amides is 1. The fourth-order valence-corrected chi connectivity index (χ4v) is 3.13. The lowest BCUT2D eigenvalue weighted by Gasteiger charge is -2.18.